The van der Waals surface area contributed by atoms with Gasteiger partial charge in [-0.25, -0.2) is 0 Å². The number of carbonyl (C=O) groups excluding carboxylic acids is 2. The molecule has 0 aromatic rings. The van der Waals surface area contributed by atoms with Gasteiger partial charge in [-0.05, 0) is 32.2 Å². The summed E-state index contributed by atoms with van der Waals surface area (Å²) in [5.74, 6) is -0.514. The SMILES string of the molecule is CCCCCCCCCCCCCCCCOC(=O)CCNCCCCN(CCC(=O)OCCCCCCCCCCCCCCCC)[N+]([O-])=NO. The first-order valence-corrected chi connectivity index (χ1v) is 22.1. The number of unbranched alkanes of at least 4 members (excludes halogenated alkanes) is 27. The summed E-state index contributed by atoms with van der Waals surface area (Å²) in [6.45, 7) is 7.15. The third kappa shape index (κ3) is 37.7. The molecular weight excluding hydrogens is 656 g/mol. The molecule has 0 spiro atoms. The van der Waals surface area contributed by atoms with E-state index in [1.54, 1.807) is 0 Å². The number of hydrogen-bond donors (Lipinski definition) is 2. The van der Waals surface area contributed by atoms with Crippen molar-refractivity contribution in [1.82, 2.24) is 10.3 Å². The zero-order valence-corrected chi connectivity index (χ0v) is 34.2. The van der Waals surface area contributed by atoms with Crippen molar-refractivity contribution >= 4 is 11.9 Å². The van der Waals surface area contributed by atoms with Gasteiger partial charge in [-0.1, -0.05) is 181 Å². The van der Waals surface area contributed by atoms with E-state index in [1.807, 2.05) is 0 Å². The summed E-state index contributed by atoms with van der Waals surface area (Å²) in [5, 5.41) is 28.1. The van der Waals surface area contributed by atoms with Gasteiger partial charge in [0.1, 0.15) is 0 Å². The standard InChI is InChI=1S/C42H84N4O6/c1-3-5-7-9-11-13-15-17-19-21-23-25-27-31-39-51-41(47)33-36-43-35-29-30-37-45(46(50)44-49)38-34-42(48)52-40-32-28-26-24-22-20-18-16-14-12-10-8-6-4-2/h43,49H,3-40H2,1-2H3. The largest absolute Gasteiger partial charge is 0.569 e. The zero-order valence-electron chi connectivity index (χ0n) is 34.2. The molecule has 0 aromatic heterocycles. The maximum absolute atomic E-state index is 12.2. The molecule has 0 aromatic carbocycles. The molecule has 0 heterocycles. The van der Waals surface area contributed by atoms with Crippen molar-refractivity contribution in [2.75, 3.05) is 39.4 Å². The smallest absolute Gasteiger partial charge is 0.307 e. The molecule has 0 unspecified atom stereocenters. The lowest BCUT2D eigenvalue weighted by Crippen LogP contribution is -2.34. The minimum atomic E-state index is -0.344. The summed E-state index contributed by atoms with van der Waals surface area (Å²) in [6.07, 6.45) is 38.0. The Morgan fingerprint density at radius 2 is 0.885 bits per heavy atom. The van der Waals surface area contributed by atoms with Gasteiger partial charge in [-0.2, -0.15) is 0 Å². The predicted octanol–water partition coefficient (Wildman–Crippen LogP) is 11.8. The van der Waals surface area contributed by atoms with Crippen LogP contribution in [-0.2, 0) is 19.1 Å². The van der Waals surface area contributed by atoms with Crippen LogP contribution in [0.1, 0.15) is 219 Å². The molecule has 0 bridgehead atoms. The lowest BCUT2D eigenvalue weighted by atomic mass is 10.0. The van der Waals surface area contributed by atoms with Crippen molar-refractivity contribution in [3.63, 3.8) is 0 Å². The third-order valence-electron chi connectivity index (χ3n) is 9.94. The number of nitrogens with zero attached hydrogens (tertiary/aromatic N) is 3. The van der Waals surface area contributed by atoms with Gasteiger partial charge in [0, 0.05) is 6.54 Å². The molecule has 0 radical (unpaired) electrons. The molecule has 0 rings (SSSR count). The Morgan fingerprint density at radius 3 is 1.27 bits per heavy atom. The van der Waals surface area contributed by atoms with Crippen LogP contribution in [0.5, 0.6) is 0 Å². The van der Waals surface area contributed by atoms with E-state index < -0.39 is 0 Å². The fourth-order valence-electron chi connectivity index (χ4n) is 6.53. The van der Waals surface area contributed by atoms with Crippen molar-refractivity contribution in [3.05, 3.63) is 5.21 Å². The highest BCUT2D eigenvalue weighted by Gasteiger charge is 2.15. The fraction of sp³-hybridized carbons (Fsp3) is 0.952. The fourth-order valence-corrected chi connectivity index (χ4v) is 6.53. The van der Waals surface area contributed by atoms with Crippen molar-refractivity contribution in [2.45, 2.75) is 219 Å². The second kappa shape index (κ2) is 41.7. The predicted molar refractivity (Wildman–Crippen MR) is 213 cm³/mol. The highest BCUT2D eigenvalue weighted by molar-refractivity contribution is 5.69. The Morgan fingerprint density at radius 1 is 0.519 bits per heavy atom. The molecule has 308 valence electrons. The van der Waals surface area contributed by atoms with Crippen molar-refractivity contribution in [2.24, 2.45) is 5.28 Å². The van der Waals surface area contributed by atoms with Gasteiger partial charge in [-0.3, -0.25) is 9.59 Å². The van der Waals surface area contributed by atoms with E-state index in [-0.39, 0.29) is 29.9 Å². The van der Waals surface area contributed by atoms with Gasteiger partial charge in [0.2, 0.25) is 5.28 Å². The van der Waals surface area contributed by atoms with Crippen molar-refractivity contribution in [1.29, 1.82) is 0 Å². The minimum Gasteiger partial charge on any atom is -0.569 e. The van der Waals surface area contributed by atoms with Crippen LogP contribution in [0.15, 0.2) is 5.28 Å². The molecule has 2 N–H and O–H groups in total. The van der Waals surface area contributed by atoms with Gasteiger partial charge in [0.25, 0.3) is 0 Å². The second-order valence-corrected chi connectivity index (χ2v) is 14.9. The lowest BCUT2D eigenvalue weighted by molar-refractivity contribution is -0.709. The highest BCUT2D eigenvalue weighted by atomic mass is 16.6. The molecule has 0 fully saturated rings. The molecule has 0 amide bonds. The topological polar surface area (TPSA) is 127 Å². The Balaban J connectivity index is 3.63. The molecule has 0 saturated carbocycles. The summed E-state index contributed by atoms with van der Waals surface area (Å²) in [7, 11) is 0. The van der Waals surface area contributed by atoms with E-state index in [2.05, 4.69) is 24.4 Å². The number of nitrogens with one attached hydrogen (secondary N) is 1. The monoisotopic (exact) mass is 741 g/mol. The Hall–Kier alpha value is -2.10. The van der Waals surface area contributed by atoms with Gasteiger partial charge >= 0.3 is 11.9 Å². The van der Waals surface area contributed by atoms with E-state index in [1.165, 1.54) is 159 Å². The van der Waals surface area contributed by atoms with Crippen molar-refractivity contribution < 1.29 is 29.2 Å². The molecule has 0 aliphatic heterocycles. The van der Waals surface area contributed by atoms with Crippen LogP contribution in [-0.4, -0.2) is 66.5 Å². The maximum atomic E-state index is 12.2. The van der Waals surface area contributed by atoms with Gasteiger partial charge in [0.15, 0.2) is 0 Å². The van der Waals surface area contributed by atoms with Crippen LogP contribution >= 0.6 is 0 Å². The Bertz CT molecular complexity index is 800. The van der Waals surface area contributed by atoms with Crippen LogP contribution in [0.2, 0.25) is 0 Å². The van der Waals surface area contributed by atoms with E-state index >= 15 is 0 Å². The zero-order chi connectivity index (χ0) is 38.0. The molecule has 0 atom stereocenters. The Labute approximate surface area is 320 Å². The normalized spacial score (nSPS) is 11.6. The van der Waals surface area contributed by atoms with Crippen LogP contribution in [0, 0.1) is 5.21 Å². The number of hydrazine groups is 1. The Kier molecular flexibility index (Phi) is 40.0. The van der Waals surface area contributed by atoms with E-state index in [4.69, 9.17) is 14.7 Å². The molecule has 10 nitrogen and oxygen atoms in total. The first-order valence-electron chi connectivity index (χ1n) is 22.1. The van der Waals surface area contributed by atoms with Crippen LogP contribution in [0.4, 0.5) is 0 Å². The van der Waals surface area contributed by atoms with E-state index in [9.17, 15) is 14.8 Å². The summed E-state index contributed by atoms with van der Waals surface area (Å²) < 4.78 is 10.7. The van der Waals surface area contributed by atoms with Crippen molar-refractivity contribution in [3.8, 4) is 0 Å². The average molecular weight is 741 g/mol. The lowest BCUT2D eigenvalue weighted by Gasteiger charge is -2.17. The third-order valence-corrected chi connectivity index (χ3v) is 9.94. The quantitative estimate of drug-likeness (QED) is 0.0208. The summed E-state index contributed by atoms with van der Waals surface area (Å²) in [5.41, 5.74) is 0. The molecule has 0 aliphatic carbocycles. The first kappa shape index (κ1) is 49.9. The number of ether oxygens (including phenoxy) is 2. The van der Waals surface area contributed by atoms with Crippen LogP contribution < -0.4 is 5.32 Å². The molecule has 10 heteroatoms. The molecule has 0 saturated heterocycles. The van der Waals surface area contributed by atoms with Gasteiger partial charge < -0.3 is 25.2 Å². The van der Waals surface area contributed by atoms with Crippen LogP contribution in [0.3, 0.4) is 0 Å². The van der Waals surface area contributed by atoms with E-state index in [0.29, 0.717) is 45.7 Å². The number of carbonyl (C=O) groups is 2. The highest BCUT2D eigenvalue weighted by Crippen LogP contribution is 2.14. The summed E-state index contributed by atoms with van der Waals surface area (Å²) >= 11 is 0. The van der Waals surface area contributed by atoms with E-state index in [0.717, 1.165) is 32.1 Å². The second-order valence-electron chi connectivity index (χ2n) is 14.9. The summed E-state index contributed by atoms with van der Waals surface area (Å²) in [6, 6.07) is 0. The number of esters is 2. The summed E-state index contributed by atoms with van der Waals surface area (Å²) in [4.78, 5) is 24.3. The maximum Gasteiger partial charge on any atom is 0.307 e. The molecule has 0 aliphatic rings. The first-order chi connectivity index (χ1) is 25.5. The molecular formula is C42H84N4O6. The average Bonchev–Trinajstić information content (AvgIpc) is 3.15. The molecule has 52 heavy (non-hydrogen) atoms. The van der Waals surface area contributed by atoms with Gasteiger partial charge in [-0.15, -0.1) is 5.01 Å². The number of rotatable bonds is 42. The van der Waals surface area contributed by atoms with Crippen LogP contribution in [0.25, 0.3) is 0 Å². The number of hydrogen-bond acceptors (Lipinski definition) is 7. The minimum absolute atomic E-state index is 0.0621. The van der Waals surface area contributed by atoms with Gasteiger partial charge in [0.05, 0.1) is 44.1 Å².